The van der Waals surface area contributed by atoms with Crippen molar-refractivity contribution in [2.45, 2.75) is 6.92 Å². The first-order valence-electron chi connectivity index (χ1n) is 6.11. The SMILES string of the molecule is Cc1nc2ccc(Br)cn2c1C(=O)c1cc(Cl)ccc1Cl. The van der Waals surface area contributed by atoms with Crippen LogP contribution in [0.15, 0.2) is 41.0 Å². The van der Waals surface area contributed by atoms with Crippen LogP contribution >= 0.6 is 39.1 Å². The second kappa shape index (κ2) is 5.44. The van der Waals surface area contributed by atoms with E-state index in [2.05, 4.69) is 20.9 Å². The standard InChI is InChI=1S/C15H9BrCl2N2O/c1-8-14(20-7-9(16)2-5-13(20)19-8)15(21)11-6-10(17)3-4-12(11)18/h2-7H,1H3. The molecule has 0 atom stereocenters. The van der Waals surface area contributed by atoms with Crippen molar-refractivity contribution in [3.05, 3.63) is 68.0 Å². The lowest BCUT2D eigenvalue weighted by atomic mass is 10.1. The van der Waals surface area contributed by atoms with Gasteiger partial charge in [0.25, 0.3) is 0 Å². The molecule has 0 fully saturated rings. The van der Waals surface area contributed by atoms with E-state index in [0.717, 1.165) is 4.47 Å². The van der Waals surface area contributed by atoms with Crippen LogP contribution in [0.1, 0.15) is 21.7 Å². The zero-order valence-corrected chi connectivity index (χ0v) is 14.0. The first-order chi connectivity index (χ1) is 9.97. The van der Waals surface area contributed by atoms with E-state index in [-0.39, 0.29) is 5.78 Å². The number of rotatable bonds is 2. The van der Waals surface area contributed by atoms with Crippen LogP contribution in [0.3, 0.4) is 0 Å². The fourth-order valence-corrected chi connectivity index (χ4v) is 2.92. The van der Waals surface area contributed by atoms with E-state index in [1.54, 1.807) is 35.7 Å². The van der Waals surface area contributed by atoms with E-state index in [4.69, 9.17) is 23.2 Å². The summed E-state index contributed by atoms with van der Waals surface area (Å²) in [6.45, 7) is 1.80. The zero-order valence-electron chi connectivity index (χ0n) is 10.9. The number of imidazole rings is 1. The molecule has 3 rings (SSSR count). The summed E-state index contributed by atoms with van der Waals surface area (Å²) in [7, 11) is 0. The van der Waals surface area contributed by atoms with Crippen molar-refractivity contribution in [3.8, 4) is 0 Å². The normalized spacial score (nSPS) is 11.0. The maximum atomic E-state index is 12.8. The van der Waals surface area contributed by atoms with E-state index >= 15 is 0 Å². The molecule has 0 aliphatic heterocycles. The number of carbonyl (C=O) groups is 1. The molecule has 0 saturated carbocycles. The van der Waals surface area contributed by atoms with Crippen molar-refractivity contribution in [1.29, 1.82) is 0 Å². The third-order valence-electron chi connectivity index (χ3n) is 3.14. The van der Waals surface area contributed by atoms with Gasteiger partial charge in [-0.1, -0.05) is 23.2 Å². The molecule has 1 aromatic carbocycles. The van der Waals surface area contributed by atoms with Crippen LogP contribution < -0.4 is 0 Å². The summed E-state index contributed by atoms with van der Waals surface area (Å²) in [6, 6.07) is 8.56. The van der Waals surface area contributed by atoms with Crippen molar-refractivity contribution >= 4 is 50.6 Å². The average Bonchev–Trinajstić information content (AvgIpc) is 2.76. The topological polar surface area (TPSA) is 34.4 Å². The fourth-order valence-electron chi connectivity index (χ4n) is 2.21. The zero-order chi connectivity index (χ0) is 15.1. The number of nitrogens with zero attached hydrogens (tertiary/aromatic N) is 2. The molecule has 2 heterocycles. The van der Waals surface area contributed by atoms with Gasteiger partial charge in [-0.05, 0) is 53.2 Å². The van der Waals surface area contributed by atoms with Crippen molar-refractivity contribution < 1.29 is 4.79 Å². The number of ketones is 1. The van der Waals surface area contributed by atoms with E-state index < -0.39 is 0 Å². The van der Waals surface area contributed by atoms with Crippen molar-refractivity contribution in [1.82, 2.24) is 9.38 Å². The van der Waals surface area contributed by atoms with Gasteiger partial charge in [0.1, 0.15) is 11.3 Å². The molecule has 2 aromatic heterocycles. The van der Waals surface area contributed by atoms with E-state index in [1.165, 1.54) is 0 Å². The lowest BCUT2D eigenvalue weighted by Gasteiger charge is -2.06. The van der Waals surface area contributed by atoms with Crippen LogP contribution in [-0.4, -0.2) is 15.2 Å². The monoisotopic (exact) mass is 382 g/mol. The average molecular weight is 384 g/mol. The Balaban J connectivity index is 2.24. The molecule has 6 heteroatoms. The van der Waals surface area contributed by atoms with Crippen LogP contribution in [0.4, 0.5) is 0 Å². The third kappa shape index (κ3) is 2.59. The number of aromatic nitrogens is 2. The Morgan fingerprint density at radius 1 is 1.24 bits per heavy atom. The Bertz CT molecular complexity index is 873. The molecule has 3 nitrogen and oxygen atoms in total. The van der Waals surface area contributed by atoms with Crippen molar-refractivity contribution in [3.63, 3.8) is 0 Å². The maximum absolute atomic E-state index is 12.8. The largest absolute Gasteiger partial charge is 0.295 e. The first-order valence-corrected chi connectivity index (χ1v) is 7.66. The maximum Gasteiger partial charge on any atom is 0.213 e. The molecule has 0 spiro atoms. The molecule has 0 bridgehead atoms. The van der Waals surface area contributed by atoms with Gasteiger partial charge in [-0.3, -0.25) is 9.20 Å². The van der Waals surface area contributed by atoms with Gasteiger partial charge < -0.3 is 0 Å². The number of hydrogen-bond acceptors (Lipinski definition) is 2. The van der Waals surface area contributed by atoms with Gasteiger partial charge in [0.2, 0.25) is 5.78 Å². The molecule has 0 aliphatic carbocycles. The van der Waals surface area contributed by atoms with Gasteiger partial charge in [0.15, 0.2) is 0 Å². The van der Waals surface area contributed by atoms with E-state index in [0.29, 0.717) is 32.6 Å². The lowest BCUT2D eigenvalue weighted by Crippen LogP contribution is -2.07. The minimum atomic E-state index is -0.203. The molecule has 0 unspecified atom stereocenters. The number of carbonyl (C=O) groups excluding carboxylic acids is 1. The summed E-state index contributed by atoms with van der Waals surface area (Å²) >= 11 is 15.5. The Morgan fingerprint density at radius 2 is 2.00 bits per heavy atom. The van der Waals surface area contributed by atoms with E-state index in [1.807, 2.05) is 12.1 Å². The van der Waals surface area contributed by atoms with Crippen LogP contribution in [0.2, 0.25) is 10.0 Å². The first kappa shape index (κ1) is 14.6. The van der Waals surface area contributed by atoms with Crippen molar-refractivity contribution in [2.75, 3.05) is 0 Å². The third-order valence-corrected chi connectivity index (χ3v) is 4.18. The van der Waals surface area contributed by atoms with Gasteiger partial charge >= 0.3 is 0 Å². The van der Waals surface area contributed by atoms with Gasteiger partial charge in [0, 0.05) is 21.3 Å². The predicted octanol–water partition coefficient (Wildman–Crippen LogP) is 4.94. The van der Waals surface area contributed by atoms with Gasteiger partial charge in [-0.25, -0.2) is 4.98 Å². The molecule has 0 radical (unpaired) electrons. The highest BCUT2D eigenvalue weighted by atomic mass is 79.9. The van der Waals surface area contributed by atoms with Gasteiger partial charge in [0.05, 0.1) is 10.7 Å². The molecule has 0 saturated heterocycles. The number of halogens is 3. The smallest absolute Gasteiger partial charge is 0.213 e. The van der Waals surface area contributed by atoms with Gasteiger partial charge in [-0.2, -0.15) is 0 Å². The second-order valence-electron chi connectivity index (χ2n) is 4.57. The summed E-state index contributed by atoms with van der Waals surface area (Å²) in [6.07, 6.45) is 1.81. The molecule has 0 amide bonds. The minimum absolute atomic E-state index is 0.203. The summed E-state index contributed by atoms with van der Waals surface area (Å²) in [5.74, 6) is -0.203. The Kier molecular flexibility index (Phi) is 3.78. The van der Waals surface area contributed by atoms with E-state index in [9.17, 15) is 4.79 Å². The minimum Gasteiger partial charge on any atom is -0.295 e. The van der Waals surface area contributed by atoms with Crippen LogP contribution in [0, 0.1) is 6.92 Å². The summed E-state index contributed by atoms with van der Waals surface area (Å²) in [5, 5.41) is 0.837. The van der Waals surface area contributed by atoms with Crippen LogP contribution in [0.25, 0.3) is 5.65 Å². The second-order valence-corrected chi connectivity index (χ2v) is 6.33. The number of benzene rings is 1. The number of aryl methyl sites for hydroxylation is 1. The summed E-state index contributed by atoms with van der Waals surface area (Å²) < 4.78 is 2.61. The lowest BCUT2D eigenvalue weighted by molar-refractivity contribution is 0.103. The number of hydrogen-bond donors (Lipinski definition) is 0. The molecule has 21 heavy (non-hydrogen) atoms. The Morgan fingerprint density at radius 3 is 2.76 bits per heavy atom. The summed E-state index contributed by atoms with van der Waals surface area (Å²) in [5.41, 5.74) is 2.20. The molecular weight excluding hydrogens is 375 g/mol. The molecule has 3 aromatic rings. The summed E-state index contributed by atoms with van der Waals surface area (Å²) in [4.78, 5) is 17.2. The van der Waals surface area contributed by atoms with Gasteiger partial charge in [-0.15, -0.1) is 0 Å². The highest BCUT2D eigenvalue weighted by Crippen LogP contribution is 2.25. The predicted molar refractivity (Wildman–Crippen MR) is 87.5 cm³/mol. The highest BCUT2D eigenvalue weighted by molar-refractivity contribution is 9.10. The Hall–Kier alpha value is -1.36. The van der Waals surface area contributed by atoms with Crippen molar-refractivity contribution in [2.24, 2.45) is 0 Å². The molecule has 106 valence electrons. The fraction of sp³-hybridized carbons (Fsp3) is 0.0667. The number of fused-ring (bicyclic) bond motifs is 1. The molecule has 0 aliphatic rings. The quantitative estimate of drug-likeness (QED) is 0.587. The number of pyridine rings is 1. The molecule has 0 N–H and O–H groups in total. The highest BCUT2D eigenvalue weighted by Gasteiger charge is 2.20. The molecular formula is C15H9BrCl2N2O. The Labute approximate surface area is 139 Å². The van der Waals surface area contributed by atoms with Crippen LogP contribution in [0.5, 0.6) is 0 Å². The van der Waals surface area contributed by atoms with Crippen LogP contribution in [-0.2, 0) is 0 Å².